The minimum absolute atomic E-state index is 0.541. The summed E-state index contributed by atoms with van der Waals surface area (Å²) in [6, 6.07) is 27.9. The Balaban J connectivity index is 2.04. The Hall–Kier alpha value is -1.91. The number of benzene rings is 3. The molecule has 0 nitrogen and oxygen atoms in total. The fraction of sp³-hybridized carbons (Fsp3) is 0.333. The molecular weight excluding hydrogens is 355 g/mol. The van der Waals surface area contributed by atoms with Gasteiger partial charge >= 0.3 is 0 Å². The number of hydrogen-bond acceptors (Lipinski definition) is 0. The van der Waals surface area contributed by atoms with Gasteiger partial charge in [-0.2, -0.15) is 0 Å². The summed E-state index contributed by atoms with van der Waals surface area (Å²) in [4.78, 5) is 0. The lowest BCUT2D eigenvalue weighted by atomic mass is 10.0. The molecule has 0 N–H and O–H groups in total. The molecule has 0 aliphatic carbocycles. The number of rotatable bonds is 6. The lowest BCUT2D eigenvalue weighted by Gasteiger charge is -2.21. The zero-order valence-corrected chi connectivity index (χ0v) is 19.0. The molecule has 3 aromatic rings. The molecule has 0 unspecified atom stereocenters. The van der Waals surface area contributed by atoms with Gasteiger partial charge in [0.15, 0.2) is 0 Å². The van der Waals surface area contributed by atoms with E-state index < -0.39 is 7.92 Å². The third kappa shape index (κ3) is 4.73. The van der Waals surface area contributed by atoms with E-state index in [2.05, 4.69) is 114 Å². The monoisotopic (exact) mass is 388 g/mol. The first-order valence-corrected chi connectivity index (χ1v) is 11.8. The van der Waals surface area contributed by atoms with E-state index in [0.717, 1.165) is 0 Å². The van der Waals surface area contributed by atoms with Gasteiger partial charge in [-0.05, 0) is 58.3 Å². The lowest BCUT2D eigenvalue weighted by Crippen LogP contribution is -2.21. The molecule has 0 radical (unpaired) electrons. The highest BCUT2D eigenvalue weighted by Gasteiger charge is 2.17. The summed E-state index contributed by atoms with van der Waals surface area (Å²) >= 11 is 0. The molecule has 0 saturated carbocycles. The minimum atomic E-state index is -0.541. The smallest absolute Gasteiger partial charge is 0.0134 e. The van der Waals surface area contributed by atoms with Gasteiger partial charge in [-0.25, -0.2) is 0 Å². The van der Waals surface area contributed by atoms with Crippen LogP contribution in [0, 0.1) is 0 Å². The van der Waals surface area contributed by atoms with Crippen LogP contribution < -0.4 is 15.9 Å². The fourth-order valence-corrected chi connectivity index (χ4v) is 5.71. The highest BCUT2D eigenvalue weighted by Crippen LogP contribution is 2.34. The van der Waals surface area contributed by atoms with E-state index in [1.165, 1.54) is 32.6 Å². The molecule has 3 rings (SSSR count). The van der Waals surface area contributed by atoms with Crippen molar-refractivity contribution in [2.45, 2.75) is 59.3 Å². The van der Waals surface area contributed by atoms with E-state index in [0.29, 0.717) is 17.8 Å². The highest BCUT2D eigenvalue weighted by atomic mass is 31.1. The Morgan fingerprint density at radius 2 is 0.607 bits per heavy atom. The van der Waals surface area contributed by atoms with Crippen LogP contribution in [-0.4, -0.2) is 0 Å². The van der Waals surface area contributed by atoms with Gasteiger partial charge in [0.1, 0.15) is 0 Å². The van der Waals surface area contributed by atoms with Crippen LogP contribution in [0.15, 0.2) is 72.8 Å². The van der Waals surface area contributed by atoms with E-state index in [1.807, 2.05) is 0 Å². The van der Waals surface area contributed by atoms with Crippen LogP contribution in [0.25, 0.3) is 0 Å². The molecule has 28 heavy (non-hydrogen) atoms. The van der Waals surface area contributed by atoms with E-state index in [-0.39, 0.29) is 0 Å². The van der Waals surface area contributed by atoms with E-state index >= 15 is 0 Å². The predicted octanol–water partition coefficient (Wildman–Crippen LogP) is 6.82. The SMILES string of the molecule is CC(C)c1ccc(P(c2ccc(C(C)C)cc2)c2ccc(C(C)C)cc2)cc1. The van der Waals surface area contributed by atoms with Crippen molar-refractivity contribution in [1.82, 2.24) is 0 Å². The van der Waals surface area contributed by atoms with Crippen molar-refractivity contribution in [3.05, 3.63) is 89.5 Å². The third-order valence-electron chi connectivity index (χ3n) is 5.45. The summed E-state index contributed by atoms with van der Waals surface area (Å²) in [7, 11) is -0.541. The summed E-state index contributed by atoms with van der Waals surface area (Å²) in [5, 5.41) is 4.27. The normalized spacial score (nSPS) is 11.8. The van der Waals surface area contributed by atoms with Gasteiger partial charge in [-0.1, -0.05) is 114 Å². The van der Waals surface area contributed by atoms with Crippen molar-refractivity contribution in [2.24, 2.45) is 0 Å². The summed E-state index contributed by atoms with van der Waals surface area (Å²) < 4.78 is 0. The van der Waals surface area contributed by atoms with Crippen molar-refractivity contribution in [3.8, 4) is 0 Å². The summed E-state index contributed by atoms with van der Waals surface area (Å²) in [6.45, 7) is 13.5. The second kappa shape index (κ2) is 9.06. The maximum atomic E-state index is 2.34. The van der Waals surface area contributed by atoms with Crippen molar-refractivity contribution in [1.29, 1.82) is 0 Å². The van der Waals surface area contributed by atoms with Gasteiger partial charge in [0.05, 0.1) is 0 Å². The van der Waals surface area contributed by atoms with Crippen molar-refractivity contribution < 1.29 is 0 Å². The second-order valence-electron chi connectivity index (χ2n) is 8.57. The molecule has 0 aliphatic rings. The Labute approximate surface area is 172 Å². The molecule has 0 bridgehead atoms. The average Bonchev–Trinajstić information content (AvgIpc) is 2.69. The Bertz CT molecular complexity index is 747. The highest BCUT2D eigenvalue weighted by molar-refractivity contribution is 7.79. The van der Waals surface area contributed by atoms with Gasteiger partial charge in [0.2, 0.25) is 0 Å². The van der Waals surface area contributed by atoms with E-state index in [9.17, 15) is 0 Å². The summed E-state index contributed by atoms with van der Waals surface area (Å²) in [5.74, 6) is 1.70. The van der Waals surface area contributed by atoms with Gasteiger partial charge < -0.3 is 0 Å². The molecule has 1 heteroatoms. The van der Waals surface area contributed by atoms with Crippen LogP contribution in [0.2, 0.25) is 0 Å². The van der Waals surface area contributed by atoms with Crippen molar-refractivity contribution in [3.63, 3.8) is 0 Å². The standard InChI is InChI=1S/C27H33P/c1-19(2)22-7-13-25(14-8-22)28(26-15-9-23(10-16-26)20(3)4)27-17-11-24(12-18-27)21(5)6/h7-21H,1-6H3. The van der Waals surface area contributed by atoms with E-state index in [4.69, 9.17) is 0 Å². The van der Waals surface area contributed by atoms with Crippen LogP contribution >= 0.6 is 7.92 Å². The molecule has 0 saturated heterocycles. The zero-order valence-electron chi connectivity index (χ0n) is 18.1. The van der Waals surface area contributed by atoms with Crippen LogP contribution in [0.5, 0.6) is 0 Å². The van der Waals surface area contributed by atoms with Crippen LogP contribution in [-0.2, 0) is 0 Å². The third-order valence-corrected chi connectivity index (χ3v) is 7.90. The fourth-order valence-electron chi connectivity index (χ4n) is 3.47. The van der Waals surface area contributed by atoms with Crippen LogP contribution in [0.3, 0.4) is 0 Å². The Morgan fingerprint density at radius 3 is 0.786 bits per heavy atom. The summed E-state index contributed by atoms with van der Waals surface area (Å²) in [6.07, 6.45) is 0. The van der Waals surface area contributed by atoms with Gasteiger partial charge in [0.25, 0.3) is 0 Å². The Kier molecular flexibility index (Phi) is 6.73. The molecule has 0 aromatic heterocycles. The molecule has 0 spiro atoms. The minimum Gasteiger partial charge on any atom is -0.0587 e. The summed E-state index contributed by atoms with van der Waals surface area (Å²) in [5.41, 5.74) is 4.22. The second-order valence-corrected chi connectivity index (χ2v) is 10.8. The zero-order chi connectivity index (χ0) is 20.3. The Morgan fingerprint density at radius 1 is 0.393 bits per heavy atom. The molecule has 0 amide bonds. The first-order valence-electron chi connectivity index (χ1n) is 10.5. The molecule has 0 heterocycles. The van der Waals surface area contributed by atoms with Gasteiger partial charge in [0, 0.05) is 0 Å². The topological polar surface area (TPSA) is 0 Å². The van der Waals surface area contributed by atoms with E-state index in [1.54, 1.807) is 0 Å². The molecule has 0 fully saturated rings. The molecule has 3 aromatic carbocycles. The van der Waals surface area contributed by atoms with Crippen LogP contribution in [0.1, 0.15) is 76.0 Å². The van der Waals surface area contributed by atoms with Gasteiger partial charge in [-0.3, -0.25) is 0 Å². The molecular formula is C27H33P. The maximum Gasteiger partial charge on any atom is -0.0134 e. The quantitative estimate of drug-likeness (QED) is 0.407. The first kappa shape index (κ1) is 20.8. The number of hydrogen-bond donors (Lipinski definition) is 0. The maximum absolute atomic E-state index is 2.34. The van der Waals surface area contributed by atoms with Crippen LogP contribution in [0.4, 0.5) is 0 Å². The molecule has 0 atom stereocenters. The lowest BCUT2D eigenvalue weighted by molar-refractivity contribution is 0.867. The first-order chi connectivity index (χ1) is 13.4. The molecule has 0 aliphatic heterocycles. The van der Waals surface area contributed by atoms with Crippen molar-refractivity contribution in [2.75, 3.05) is 0 Å². The van der Waals surface area contributed by atoms with Crippen molar-refractivity contribution >= 4 is 23.8 Å². The predicted molar refractivity (Wildman–Crippen MR) is 127 cm³/mol. The van der Waals surface area contributed by atoms with Gasteiger partial charge in [-0.15, -0.1) is 0 Å². The largest absolute Gasteiger partial charge is 0.0587 e. The average molecular weight is 389 g/mol. The molecule has 146 valence electrons.